The van der Waals surface area contributed by atoms with Crippen molar-refractivity contribution in [1.82, 2.24) is 24.0 Å². The standard InChI is InChI=1S/C30H29ClFN7O6/c1-15-10-36(2)6-7-38(15)21-9-19(24(31)28(32)34-21)33-22(41)12-37-11-18(23-29(37)35-20-4-3-5-39(20)30(23)43)17-8-16(13-40)25(42)27-26(17)44-14-45-27/h8-9,11,13,15,42H,3-7,10,12,14H2,1-2H3,(H,33,34,41)/t15-/m1/s1. The molecular formula is C30H29ClFN7O6. The Morgan fingerprint density at radius 2 is 2.00 bits per heavy atom. The van der Waals surface area contributed by atoms with Crippen LogP contribution >= 0.6 is 11.6 Å². The van der Waals surface area contributed by atoms with Gasteiger partial charge in [0.1, 0.15) is 28.9 Å². The molecule has 0 radical (unpaired) electrons. The lowest BCUT2D eigenvalue weighted by Gasteiger charge is -2.39. The molecule has 0 saturated carbocycles. The van der Waals surface area contributed by atoms with Crippen LogP contribution in [0.3, 0.4) is 0 Å². The lowest BCUT2D eigenvalue weighted by Crippen LogP contribution is -2.50. The molecule has 1 aromatic carbocycles. The second-order valence-corrected chi connectivity index (χ2v) is 11.9. The minimum Gasteiger partial charge on any atom is -0.504 e. The summed E-state index contributed by atoms with van der Waals surface area (Å²) in [6, 6.07) is 3.03. The number of aryl methyl sites for hydroxylation is 1. The monoisotopic (exact) mass is 637 g/mol. The van der Waals surface area contributed by atoms with Crippen LogP contribution in [0.15, 0.2) is 23.1 Å². The van der Waals surface area contributed by atoms with E-state index >= 15 is 0 Å². The van der Waals surface area contributed by atoms with E-state index in [1.54, 1.807) is 16.8 Å². The van der Waals surface area contributed by atoms with Crippen molar-refractivity contribution in [3.63, 3.8) is 0 Å². The molecule has 234 valence electrons. The van der Waals surface area contributed by atoms with Gasteiger partial charge in [0.25, 0.3) is 5.56 Å². The smallest absolute Gasteiger partial charge is 0.263 e. The van der Waals surface area contributed by atoms with E-state index < -0.39 is 11.9 Å². The molecule has 0 spiro atoms. The summed E-state index contributed by atoms with van der Waals surface area (Å²) >= 11 is 6.25. The number of aromatic nitrogens is 4. The fourth-order valence-corrected chi connectivity index (χ4v) is 6.51. The maximum absolute atomic E-state index is 14.9. The fraction of sp³-hybridized carbons (Fsp3) is 0.367. The molecule has 45 heavy (non-hydrogen) atoms. The Hall–Kier alpha value is -4.69. The molecule has 6 heterocycles. The molecule has 7 rings (SSSR count). The van der Waals surface area contributed by atoms with Crippen LogP contribution in [0.4, 0.5) is 15.9 Å². The Bertz CT molecular complexity index is 1960. The van der Waals surface area contributed by atoms with Gasteiger partial charge >= 0.3 is 0 Å². The van der Waals surface area contributed by atoms with Gasteiger partial charge in [-0.15, -0.1) is 0 Å². The molecule has 15 heteroatoms. The van der Waals surface area contributed by atoms with E-state index in [1.807, 2.05) is 18.9 Å². The maximum Gasteiger partial charge on any atom is 0.263 e. The van der Waals surface area contributed by atoms with Crippen molar-refractivity contribution in [2.24, 2.45) is 0 Å². The number of pyridine rings is 1. The first-order valence-corrected chi connectivity index (χ1v) is 14.9. The highest BCUT2D eigenvalue weighted by Gasteiger charge is 2.31. The van der Waals surface area contributed by atoms with Crippen molar-refractivity contribution < 1.29 is 28.6 Å². The number of hydrogen-bond acceptors (Lipinski definition) is 10. The summed E-state index contributed by atoms with van der Waals surface area (Å²) in [6.45, 7) is 4.19. The number of phenols is 1. The number of benzene rings is 1. The zero-order valence-electron chi connectivity index (χ0n) is 24.5. The number of nitrogens with one attached hydrogen (secondary N) is 1. The molecule has 4 aromatic rings. The summed E-state index contributed by atoms with van der Waals surface area (Å²) in [6.07, 6.45) is 3.39. The number of nitrogens with zero attached hydrogens (tertiary/aromatic N) is 6. The Balaban J connectivity index is 1.28. The predicted octanol–water partition coefficient (Wildman–Crippen LogP) is 3.02. The first-order chi connectivity index (χ1) is 21.6. The number of halogens is 2. The highest BCUT2D eigenvalue weighted by atomic mass is 35.5. The van der Waals surface area contributed by atoms with E-state index in [0.29, 0.717) is 48.6 Å². The number of anilines is 2. The van der Waals surface area contributed by atoms with Crippen molar-refractivity contribution in [3.05, 3.63) is 51.0 Å². The lowest BCUT2D eigenvalue weighted by molar-refractivity contribution is -0.116. The number of aromatic hydroxyl groups is 1. The third-order valence-corrected chi connectivity index (χ3v) is 8.88. The van der Waals surface area contributed by atoms with E-state index in [1.165, 1.54) is 10.6 Å². The van der Waals surface area contributed by atoms with Gasteiger partial charge in [-0.2, -0.15) is 4.39 Å². The quantitative estimate of drug-likeness (QED) is 0.239. The second-order valence-electron chi connectivity index (χ2n) is 11.5. The van der Waals surface area contributed by atoms with Gasteiger partial charge in [-0.05, 0) is 26.5 Å². The average molecular weight is 638 g/mol. The number of amides is 1. The number of piperazine rings is 1. The minimum atomic E-state index is -0.899. The Morgan fingerprint density at radius 3 is 2.78 bits per heavy atom. The number of hydrogen-bond donors (Lipinski definition) is 2. The third kappa shape index (κ3) is 4.84. The zero-order valence-corrected chi connectivity index (χ0v) is 25.2. The number of carbonyl (C=O) groups is 2. The van der Waals surface area contributed by atoms with Gasteiger partial charge in [0, 0.05) is 62.0 Å². The van der Waals surface area contributed by atoms with Crippen molar-refractivity contribution >= 4 is 46.3 Å². The number of aldehydes is 1. The Kier molecular flexibility index (Phi) is 7.12. The largest absolute Gasteiger partial charge is 0.504 e. The SMILES string of the molecule is C[C@@H]1CN(C)CCN1c1cc(NC(=O)Cn2cc(-c3cc(C=O)c(O)c4c3OCO4)c3c(=O)n4c(nc32)CCC4)c(Cl)c(F)n1. The van der Waals surface area contributed by atoms with Gasteiger partial charge in [0.2, 0.25) is 24.4 Å². The molecule has 3 aliphatic rings. The van der Waals surface area contributed by atoms with Crippen LogP contribution in [0.2, 0.25) is 5.02 Å². The number of phenolic OH excluding ortho intramolecular Hbond substituents is 1. The minimum absolute atomic E-state index is 0.0118. The van der Waals surface area contributed by atoms with Crippen LogP contribution in [-0.4, -0.2) is 80.8 Å². The van der Waals surface area contributed by atoms with Gasteiger partial charge in [-0.3, -0.25) is 19.0 Å². The molecule has 3 aromatic heterocycles. The normalized spacial score (nSPS) is 17.6. The summed E-state index contributed by atoms with van der Waals surface area (Å²) in [5, 5.41) is 13.1. The van der Waals surface area contributed by atoms with Gasteiger partial charge < -0.3 is 34.3 Å². The topological polar surface area (TPSA) is 144 Å². The van der Waals surface area contributed by atoms with Crippen LogP contribution in [0.1, 0.15) is 29.5 Å². The summed E-state index contributed by atoms with van der Waals surface area (Å²) in [7, 11) is 2.01. The average Bonchev–Trinajstić information content (AvgIpc) is 3.76. The zero-order chi connectivity index (χ0) is 31.6. The Morgan fingerprint density at radius 1 is 1.20 bits per heavy atom. The summed E-state index contributed by atoms with van der Waals surface area (Å²) in [5.74, 6) is -0.710. The maximum atomic E-state index is 14.9. The van der Waals surface area contributed by atoms with Crippen molar-refractivity contribution in [1.29, 1.82) is 0 Å². The van der Waals surface area contributed by atoms with Gasteiger partial charge in [0.15, 0.2) is 17.8 Å². The molecule has 1 saturated heterocycles. The van der Waals surface area contributed by atoms with Crippen LogP contribution in [-0.2, 0) is 24.3 Å². The van der Waals surface area contributed by atoms with Crippen LogP contribution in [0, 0.1) is 5.95 Å². The van der Waals surface area contributed by atoms with Gasteiger partial charge in [0.05, 0.1) is 16.6 Å². The van der Waals surface area contributed by atoms with Crippen LogP contribution < -0.4 is 25.2 Å². The Labute approximate surface area is 260 Å². The third-order valence-electron chi connectivity index (χ3n) is 8.52. The lowest BCUT2D eigenvalue weighted by atomic mass is 10.0. The van der Waals surface area contributed by atoms with Crippen LogP contribution in [0.25, 0.3) is 22.2 Å². The molecule has 0 aliphatic carbocycles. The highest BCUT2D eigenvalue weighted by Crippen LogP contribution is 2.49. The number of ether oxygens (including phenoxy) is 2. The van der Waals surface area contributed by atoms with E-state index in [0.717, 1.165) is 19.5 Å². The predicted molar refractivity (Wildman–Crippen MR) is 163 cm³/mol. The highest BCUT2D eigenvalue weighted by molar-refractivity contribution is 6.33. The van der Waals surface area contributed by atoms with Gasteiger partial charge in [-0.1, -0.05) is 11.6 Å². The molecule has 1 fully saturated rings. The molecule has 0 bridgehead atoms. The molecule has 1 amide bonds. The first-order valence-electron chi connectivity index (χ1n) is 14.5. The summed E-state index contributed by atoms with van der Waals surface area (Å²) < 4.78 is 29.1. The molecule has 13 nitrogen and oxygen atoms in total. The number of rotatable bonds is 6. The fourth-order valence-electron chi connectivity index (χ4n) is 6.37. The van der Waals surface area contributed by atoms with Gasteiger partial charge in [-0.25, -0.2) is 9.97 Å². The molecule has 3 aliphatic heterocycles. The summed E-state index contributed by atoms with van der Waals surface area (Å²) in [5.41, 5.74) is 0.641. The number of fused-ring (bicyclic) bond motifs is 3. The van der Waals surface area contributed by atoms with Crippen LogP contribution in [0.5, 0.6) is 17.2 Å². The molecule has 1 atom stereocenters. The van der Waals surface area contributed by atoms with Crippen molar-refractivity contribution in [2.75, 3.05) is 43.7 Å². The second kappa shape index (κ2) is 11.0. The van der Waals surface area contributed by atoms with Crippen molar-refractivity contribution in [3.8, 4) is 28.4 Å². The van der Waals surface area contributed by atoms with E-state index in [-0.39, 0.29) is 69.5 Å². The van der Waals surface area contributed by atoms with E-state index in [4.69, 9.17) is 26.1 Å². The van der Waals surface area contributed by atoms with E-state index in [2.05, 4.69) is 15.2 Å². The van der Waals surface area contributed by atoms with Crippen molar-refractivity contribution in [2.45, 2.75) is 38.9 Å². The molecule has 2 N–H and O–H groups in total. The molecule has 0 unspecified atom stereocenters. The number of likely N-dealkylation sites (N-methyl/N-ethyl adjacent to an activating group) is 1. The molecular weight excluding hydrogens is 609 g/mol. The number of carbonyl (C=O) groups excluding carboxylic acids is 2. The first kappa shape index (κ1) is 29.0. The van der Waals surface area contributed by atoms with E-state index in [9.17, 15) is 23.9 Å². The summed E-state index contributed by atoms with van der Waals surface area (Å²) in [4.78, 5) is 52.0.